The fourth-order valence-electron chi connectivity index (χ4n) is 2.19. The first-order valence-electron chi connectivity index (χ1n) is 7.39. The van der Waals surface area contributed by atoms with E-state index < -0.39 is 0 Å². The van der Waals surface area contributed by atoms with Gasteiger partial charge < -0.3 is 4.42 Å². The Morgan fingerprint density at radius 1 is 1.20 bits per heavy atom. The summed E-state index contributed by atoms with van der Waals surface area (Å²) < 4.78 is 20.0. The van der Waals surface area contributed by atoms with E-state index in [1.165, 1.54) is 35.2 Å². The number of nitrogens with zero attached hydrogens (tertiary/aromatic N) is 5. The van der Waals surface area contributed by atoms with Crippen LogP contribution < -0.4 is 0 Å². The van der Waals surface area contributed by atoms with E-state index in [4.69, 9.17) is 4.42 Å². The third kappa shape index (κ3) is 3.77. The average molecular weight is 373 g/mol. The standard InChI is InChI=1S/C16H12FN5OS2/c17-12-5-3-11(4-6-12)15-18-13(9-24-15)10-25-16-19-20-21-22(16)8-14-2-1-7-23-14/h1-7,9H,8,10H2. The summed E-state index contributed by atoms with van der Waals surface area (Å²) in [5.41, 5.74) is 1.84. The van der Waals surface area contributed by atoms with Crippen LogP contribution in [0, 0.1) is 5.82 Å². The van der Waals surface area contributed by atoms with Crippen LogP contribution in [0.2, 0.25) is 0 Å². The molecule has 0 amide bonds. The molecule has 0 aliphatic carbocycles. The Kier molecular flexibility index (Phi) is 4.57. The number of halogens is 1. The van der Waals surface area contributed by atoms with Crippen molar-refractivity contribution in [3.05, 3.63) is 65.3 Å². The van der Waals surface area contributed by atoms with Crippen LogP contribution in [-0.4, -0.2) is 25.2 Å². The predicted molar refractivity (Wildman–Crippen MR) is 92.7 cm³/mol. The molecule has 0 spiro atoms. The maximum absolute atomic E-state index is 13.0. The van der Waals surface area contributed by atoms with Crippen LogP contribution in [0.4, 0.5) is 4.39 Å². The molecule has 4 rings (SSSR count). The Balaban J connectivity index is 1.42. The van der Waals surface area contributed by atoms with Gasteiger partial charge in [0.2, 0.25) is 5.16 Å². The smallest absolute Gasteiger partial charge is 0.210 e. The van der Waals surface area contributed by atoms with Crippen LogP contribution in [0.15, 0.2) is 57.6 Å². The van der Waals surface area contributed by atoms with Crippen molar-refractivity contribution >= 4 is 23.1 Å². The topological polar surface area (TPSA) is 69.6 Å². The number of hydrogen-bond acceptors (Lipinski definition) is 7. The second-order valence-electron chi connectivity index (χ2n) is 5.14. The molecule has 0 N–H and O–H groups in total. The molecule has 126 valence electrons. The molecule has 0 radical (unpaired) electrons. The average Bonchev–Trinajstić information content (AvgIpc) is 3.36. The summed E-state index contributed by atoms with van der Waals surface area (Å²) >= 11 is 3.04. The first-order valence-corrected chi connectivity index (χ1v) is 9.26. The lowest BCUT2D eigenvalue weighted by molar-refractivity contribution is 0.462. The van der Waals surface area contributed by atoms with Crippen LogP contribution >= 0.6 is 23.1 Å². The van der Waals surface area contributed by atoms with Gasteiger partial charge >= 0.3 is 0 Å². The zero-order valence-corrected chi connectivity index (χ0v) is 14.5. The van der Waals surface area contributed by atoms with E-state index >= 15 is 0 Å². The number of rotatable bonds is 6. The molecular weight excluding hydrogens is 361 g/mol. The summed E-state index contributed by atoms with van der Waals surface area (Å²) in [5, 5.41) is 15.3. The fraction of sp³-hybridized carbons (Fsp3) is 0.125. The molecule has 25 heavy (non-hydrogen) atoms. The van der Waals surface area contributed by atoms with E-state index in [1.807, 2.05) is 17.5 Å². The summed E-state index contributed by atoms with van der Waals surface area (Å²) in [6.45, 7) is 0.486. The Hall–Kier alpha value is -2.52. The van der Waals surface area contributed by atoms with Crippen molar-refractivity contribution in [1.29, 1.82) is 0 Å². The van der Waals surface area contributed by atoms with Gasteiger partial charge in [-0.15, -0.1) is 16.4 Å². The van der Waals surface area contributed by atoms with Gasteiger partial charge in [0, 0.05) is 16.7 Å². The molecule has 0 fully saturated rings. The van der Waals surface area contributed by atoms with Crippen molar-refractivity contribution in [3.63, 3.8) is 0 Å². The van der Waals surface area contributed by atoms with Crippen molar-refractivity contribution < 1.29 is 8.81 Å². The normalized spacial score (nSPS) is 11.1. The fourth-order valence-corrected chi connectivity index (χ4v) is 3.89. The van der Waals surface area contributed by atoms with E-state index in [9.17, 15) is 4.39 Å². The number of hydrogen-bond donors (Lipinski definition) is 0. The molecular formula is C16H12FN5OS2. The predicted octanol–water partition coefficient (Wildman–Crippen LogP) is 3.87. The first kappa shape index (κ1) is 16.0. The van der Waals surface area contributed by atoms with Gasteiger partial charge in [-0.2, -0.15) is 0 Å². The van der Waals surface area contributed by atoms with Crippen molar-refractivity contribution in [3.8, 4) is 10.6 Å². The first-order chi connectivity index (χ1) is 12.3. The lowest BCUT2D eigenvalue weighted by Gasteiger charge is -2.01. The molecule has 0 saturated heterocycles. The second-order valence-corrected chi connectivity index (χ2v) is 6.94. The molecule has 3 heterocycles. The Morgan fingerprint density at radius 2 is 2.08 bits per heavy atom. The molecule has 4 aromatic rings. The molecule has 0 aliphatic rings. The monoisotopic (exact) mass is 373 g/mol. The highest BCUT2D eigenvalue weighted by Gasteiger charge is 2.11. The van der Waals surface area contributed by atoms with Crippen molar-refractivity contribution in [2.24, 2.45) is 0 Å². The third-order valence-electron chi connectivity index (χ3n) is 3.38. The van der Waals surface area contributed by atoms with E-state index in [1.54, 1.807) is 23.1 Å². The minimum absolute atomic E-state index is 0.250. The molecule has 9 heteroatoms. The van der Waals surface area contributed by atoms with E-state index in [0.717, 1.165) is 22.0 Å². The summed E-state index contributed by atoms with van der Waals surface area (Å²) in [4.78, 5) is 4.59. The summed E-state index contributed by atoms with van der Waals surface area (Å²) in [6, 6.07) is 10.1. The van der Waals surface area contributed by atoms with Gasteiger partial charge in [-0.05, 0) is 46.8 Å². The van der Waals surface area contributed by atoms with Gasteiger partial charge in [0.1, 0.15) is 23.1 Å². The third-order valence-corrected chi connectivity index (χ3v) is 5.31. The zero-order valence-electron chi connectivity index (χ0n) is 12.9. The molecule has 0 saturated carbocycles. The highest BCUT2D eigenvalue weighted by Crippen LogP contribution is 2.27. The summed E-state index contributed by atoms with van der Waals surface area (Å²) in [6.07, 6.45) is 1.62. The number of tetrazole rings is 1. The minimum Gasteiger partial charge on any atom is -0.467 e. The quantitative estimate of drug-likeness (QED) is 0.478. The Morgan fingerprint density at radius 3 is 2.88 bits per heavy atom. The van der Waals surface area contributed by atoms with Gasteiger partial charge in [0.05, 0.1) is 12.0 Å². The minimum atomic E-state index is -0.250. The largest absolute Gasteiger partial charge is 0.467 e. The molecule has 1 aromatic carbocycles. The van der Waals surface area contributed by atoms with Crippen LogP contribution in [0.25, 0.3) is 10.6 Å². The number of thioether (sulfide) groups is 1. The maximum atomic E-state index is 13.0. The molecule has 0 atom stereocenters. The van der Waals surface area contributed by atoms with Crippen LogP contribution in [0.5, 0.6) is 0 Å². The summed E-state index contributed by atoms with van der Waals surface area (Å²) in [7, 11) is 0. The molecule has 6 nitrogen and oxygen atoms in total. The molecule has 0 bridgehead atoms. The van der Waals surface area contributed by atoms with Gasteiger partial charge in [-0.3, -0.25) is 0 Å². The zero-order chi connectivity index (χ0) is 17.1. The van der Waals surface area contributed by atoms with Crippen LogP contribution in [0.1, 0.15) is 11.5 Å². The van der Waals surface area contributed by atoms with E-state index in [-0.39, 0.29) is 5.82 Å². The van der Waals surface area contributed by atoms with Crippen molar-refractivity contribution in [2.45, 2.75) is 17.5 Å². The lowest BCUT2D eigenvalue weighted by atomic mass is 10.2. The Labute approximate surface area is 150 Å². The highest BCUT2D eigenvalue weighted by atomic mass is 32.2. The number of benzene rings is 1. The molecule has 3 aromatic heterocycles. The number of furan rings is 1. The van der Waals surface area contributed by atoms with Gasteiger partial charge in [-0.1, -0.05) is 11.8 Å². The van der Waals surface area contributed by atoms with Crippen molar-refractivity contribution in [2.75, 3.05) is 0 Å². The number of thiazole rings is 1. The molecule has 0 unspecified atom stereocenters. The van der Waals surface area contributed by atoms with E-state index in [2.05, 4.69) is 20.5 Å². The van der Waals surface area contributed by atoms with Crippen LogP contribution in [0.3, 0.4) is 0 Å². The van der Waals surface area contributed by atoms with Gasteiger partial charge in [-0.25, -0.2) is 14.1 Å². The Bertz CT molecular complexity index is 949. The molecule has 0 aliphatic heterocycles. The maximum Gasteiger partial charge on any atom is 0.210 e. The number of aromatic nitrogens is 5. The lowest BCUT2D eigenvalue weighted by Crippen LogP contribution is -2.03. The SMILES string of the molecule is Fc1ccc(-c2nc(CSc3nnnn3Cc3ccco3)cs2)cc1. The van der Waals surface area contributed by atoms with E-state index in [0.29, 0.717) is 17.5 Å². The van der Waals surface area contributed by atoms with Crippen LogP contribution in [-0.2, 0) is 12.3 Å². The van der Waals surface area contributed by atoms with Gasteiger partial charge in [0.15, 0.2) is 0 Å². The van der Waals surface area contributed by atoms with Gasteiger partial charge in [0.25, 0.3) is 0 Å². The van der Waals surface area contributed by atoms with Crippen molar-refractivity contribution in [1.82, 2.24) is 25.2 Å². The second kappa shape index (κ2) is 7.16. The summed E-state index contributed by atoms with van der Waals surface area (Å²) in [5.74, 6) is 1.19. The highest BCUT2D eigenvalue weighted by molar-refractivity contribution is 7.98.